The van der Waals surface area contributed by atoms with Crippen molar-refractivity contribution in [3.63, 3.8) is 0 Å². The Morgan fingerprint density at radius 3 is 2.69 bits per heavy atom. The zero-order valence-corrected chi connectivity index (χ0v) is 8.00. The van der Waals surface area contributed by atoms with E-state index >= 15 is 0 Å². The third-order valence-corrected chi connectivity index (χ3v) is 1.92. The van der Waals surface area contributed by atoms with Gasteiger partial charge in [0.15, 0.2) is 11.5 Å². The van der Waals surface area contributed by atoms with Crippen molar-refractivity contribution in [2.75, 3.05) is 12.8 Å². The van der Waals surface area contributed by atoms with Gasteiger partial charge < -0.3 is 15.6 Å². The molecule has 0 atom stereocenters. The molecule has 0 saturated heterocycles. The molecule has 0 aromatic heterocycles. The molecular formula is C10H15NO2. The topological polar surface area (TPSA) is 55.5 Å². The number of phenolic OH excluding ortho intramolecular Hbond substituents is 1. The van der Waals surface area contributed by atoms with Crippen LogP contribution in [0.4, 0.5) is 5.69 Å². The van der Waals surface area contributed by atoms with Crippen LogP contribution in [0.5, 0.6) is 11.5 Å². The number of hydrogen-bond acceptors (Lipinski definition) is 3. The molecule has 1 aromatic carbocycles. The number of nitrogens with two attached hydrogens (primary N) is 1. The quantitative estimate of drug-likeness (QED) is 0.553. The minimum Gasteiger partial charge on any atom is -0.503 e. The minimum atomic E-state index is 0.0300. The van der Waals surface area contributed by atoms with Crippen molar-refractivity contribution in [1.82, 2.24) is 0 Å². The van der Waals surface area contributed by atoms with Crippen LogP contribution in [0.25, 0.3) is 0 Å². The lowest BCUT2D eigenvalue weighted by molar-refractivity contribution is 0.374. The largest absolute Gasteiger partial charge is 0.503 e. The fraction of sp³-hybridized carbons (Fsp3) is 0.400. The summed E-state index contributed by atoms with van der Waals surface area (Å²) in [4.78, 5) is 0. The fourth-order valence-electron chi connectivity index (χ4n) is 1.28. The second-order valence-corrected chi connectivity index (χ2v) is 2.99. The molecule has 0 radical (unpaired) electrons. The summed E-state index contributed by atoms with van der Waals surface area (Å²) in [5.41, 5.74) is 7.07. The lowest BCUT2D eigenvalue weighted by atomic mass is 10.1. The number of hydrogen-bond donors (Lipinski definition) is 2. The van der Waals surface area contributed by atoms with Crippen molar-refractivity contribution in [3.05, 3.63) is 17.7 Å². The zero-order valence-electron chi connectivity index (χ0n) is 8.00. The maximum absolute atomic E-state index is 9.44. The number of nitrogen functional groups attached to an aromatic ring is 1. The first-order valence-corrected chi connectivity index (χ1v) is 4.34. The average molecular weight is 181 g/mol. The van der Waals surface area contributed by atoms with E-state index in [1.807, 2.05) is 6.07 Å². The zero-order chi connectivity index (χ0) is 9.84. The fourth-order valence-corrected chi connectivity index (χ4v) is 1.28. The molecule has 3 heteroatoms. The number of phenols is 1. The standard InChI is InChI=1S/C10H15NO2/c1-3-4-7-5-8(11)10(12)9(6-7)13-2/h5-6,12H,3-4,11H2,1-2H3. The van der Waals surface area contributed by atoms with Gasteiger partial charge in [0.05, 0.1) is 12.8 Å². The summed E-state index contributed by atoms with van der Waals surface area (Å²) in [5.74, 6) is 0.478. The Morgan fingerprint density at radius 1 is 1.46 bits per heavy atom. The van der Waals surface area contributed by atoms with E-state index < -0.39 is 0 Å². The molecule has 0 aliphatic carbocycles. The molecule has 0 amide bonds. The Kier molecular flexibility index (Phi) is 3.01. The number of anilines is 1. The number of rotatable bonds is 3. The predicted molar refractivity (Wildman–Crippen MR) is 53.1 cm³/mol. The van der Waals surface area contributed by atoms with Gasteiger partial charge in [0.25, 0.3) is 0 Å². The lowest BCUT2D eigenvalue weighted by Gasteiger charge is -2.08. The highest BCUT2D eigenvalue weighted by molar-refractivity contribution is 5.61. The molecule has 0 unspecified atom stereocenters. The van der Waals surface area contributed by atoms with Crippen LogP contribution in [-0.4, -0.2) is 12.2 Å². The third-order valence-electron chi connectivity index (χ3n) is 1.92. The molecule has 1 rings (SSSR count). The van der Waals surface area contributed by atoms with Crippen LogP contribution in [0.1, 0.15) is 18.9 Å². The van der Waals surface area contributed by atoms with Gasteiger partial charge in [0.2, 0.25) is 0 Å². The molecule has 0 aliphatic rings. The van der Waals surface area contributed by atoms with E-state index in [4.69, 9.17) is 10.5 Å². The Morgan fingerprint density at radius 2 is 2.15 bits per heavy atom. The number of aryl methyl sites for hydroxylation is 1. The molecule has 3 nitrogen and oxygen atoms in total. The van der Waals surface area contributed by atoms with Gasteiger partial charge in [0.1, 0.15) is 0 Å². The Hall–Kier alpha value is -1.38. The maximum atomic E-state index is 9.44. The Balaban J connectivity index is 3.06. The molecule has 0 bridgehead atoms. The number of aromatic hydroxyl groups is 1. The van der Waals surface area contributed by atoms with E-state index in [-0.39, 0.29) is 5.75 Å². The minimum absolute atomic E-state index is 0.0300. The summed E-state index contributed by atoms with van der Waals surface area (Å²) < 4.78 is 4.98. The van der Waals surface area contributed by atoms with Gasteiger partial charge >= 0.3 is 0 Å². The van der Waals surface area contributed by atoms with Gasteiger partial charge in [-0.2, -0.15) is 0 Å². The molecule has 0 aliphatic heterocycles. The first-order valence-electron chi connectivity index (χ1n) is 4.34. The van der Waals surface area contributed by atoms with Gasteiger partial charge in [-0.05, 0) is 24.1 Å². The molecule has 72 valence electrons. The molecule has 0 heterocycles. The Labute approximate surface area is 78.1 Å². The molecule has 0 saturated carbocycles. The average Bonchev–Trinajstić information content (AvgIpc) is 2.11. The third kappa shape index (κ3) is 2.05. The normalized spacial score (nSPS) is 10.0. The predicted octanol–water partition coefficient (Wildman–Crippen LogP) is 1.94. The summed E-state index contributed by atoms with van der Waals surface area (Å²) in [6.07, 6.45) is 1.99. The summed E-state index contributed by atoms with van der Waals surface area (Å²) in [6, 6.07) is 3.59. The van der Waals surface area contributed by atoms with Crippen LogP contribution >= 0.6 is 0 Å². The van der Waals surface area contributed by atoms with Crippen LogP contribution in [0.2, 0.25) is 0 Å². The van der Waals surface area contributed by atoms with E-state index in [2.05, 4.69) is 6.92 Å². The first kappa shape index (κ1) is 9.71. The van der Waals surface area contributed by atoms with Gasteiger partial charge in [-0.1, -0.05) is 13.3 Å². The molecular weight excluding hydrogens is 166 g/mol. The van der Waals surface area contributed by atoms with Crippen LogP contribution in [0.15, 0.2) is 12.1 Å². The summed E-state index contributed by atoms with van der Waals surface area (Å²) >= 11 is 0. The SMILES string of the molecule is CCCc1cc(N)c(O)c(OC)c1. The smallest absolute Gasteiger partial charge is 0.181 e. The van der Waals surface area contributed by atoms with Crippen molar-refractivity contribution in [2.45, 2.75) is 19.8 Å². The van der Waals surface area contributed by atoms with E-state index in [1.165, 1.54) is 7.11 Å². The molecule has 3 N–H and O–H groups in total. The second-order valence-electron chi connectivity index (χ2n) is 2.99. The van der Waals surface area contributed by atoms with E-state index in [0.29, 0.717) is 11.4 Å². The number of methoxy groups -OCH3 is 1. The summed E-state index contributed by atoms with van der Waals surface area (Å²) in [6.45, 7) is 2.09. The Bertz CT molecular complexity index is 297. The molecule has 13 heavy (non-hydrogen) atoms. The van der Waals surface area contributed by atoms with Gasteiger partial charge in [-0.25, -0.2) is 0 Å². The van der Waals surface area contributed by atoms with Crippen molar-refractivity contribution >= 4 is 5.69 Å². The van der Waals surface area contributed by atoms with Crippen LogP contribution in [-0.2, 0) is 6.42 Å². The summed E-state index contributed by atoms with van der Waals surface area (Å²) in [5, 5.41) is 9.44. The van der Waals surface area contributed by atoms with Crippen molar-refractivity contribution in [2.24, 2.45) is 0 Å². The van der Waals surface area contributed by atoms with Gasteiger partial charge in [-0.15, -0.1) is 0 Å². The van der Waals surface area contributed by atoms with E-state index in [0.717, 1.165) is 18.4 Å². The van der Waals surface area contributed by atoms with Crippen LogP contribution < -0.4 is 10.5 Å². The lowest BCUT2D eigenvalue weighted by Crippen LogP contribution is -1.93. The maximum Gasteiger partial charge on any atom is 0.181 e. The van der Waals surface area contributed by atoms with Gasteiger partial charge in [0, 0.05) is 0 Å². The molecule has 0 fully saturated rings. The van der Waals surface area contributed by atoms with Crippen molar-refractivity contribution < 1.29 is 9.84 Å². The first-order chi connectivity index (χ1) is 6.19. The van der Waals surface area contributed by atoms with Gasteiger partial charge in [-0.3, -0.25) is 0 Å². The molecule has 0 spiro atoms. The molecule has 1 aromatic rings. The van der Waals surface area contributed by atoms with Crippen LogP contribution in [0.3, 0.4) is 0 Å². The van der Waals surface area contributed by atoms with E-state index in [9.17, 15) is 5.11 Å². The second kappa shape index (κ2) is 4.03. The van der Waals surface area contributed by atoms with Crippen molar-refractivity contribution in [3.8, 4) is 11.5 Å². The highest BCUT2D eigenvalue weighted by Crippen LogP contribution is 2.33. The highest BCUT2D eigenvalue weighted by Gasteiger charge is 2.06. The monoisotopic (exact) mass is 181 g/mol. The van der Waals surface area contributed by atoms with E-state index in [1.54, 1.807) is 6.07 Å². The number of ether oxygens (including phenoxy) is 1. The number of benzene rings is 1. The van der Waals surface area contributed by atoms with Crippen molar-refractivity contribution in [1.29, 1.82) is 0 Å². The highest BCUT2D eigenvalue weighted by atomic mass is 16.5. The summed E-state index contributed by atoms with van der Waals surface area (Å²) in [7, 11) is 1.52. The van der Waals surface area contributed by atoms with Crippen LogP contribution in [0, 0.1) is 0 Å².